The minimum atomic E-state index is -0.176. The highest BCUT2D eigenvalue weighted by molar-refractivity contribution is 7.09. The van der Waals surface area contributed by atoms with Crippen LogP contribution < -0.4 is 15.8 Å². The van der Waals surface area contributed by atoms with Gasteiger partial charge in [0.1, 0.15) is 5.52 Å². The number of carbonyl (C=O) groups excluding carboxylic acids is 1. The molecule has 0 saturated carbocycles. The Morgan fingerprint density at radius 1 is 1.36 bits per heavy atom. The first-order valence-corrected chi connectivity index (χ1v) is 10.4. The van der Waals surface area contributed by atoms with Crippen LogP contribution in [0, 0.1) is 5.92 Å². The van der Waals surface area contributed by atoms with Gasteiger partial charge >= 0.3 is 0 Å². The molecule has 1 atom stereocenters. The SMILES string of the molecule is Cn1c(=O)c(N2CCCC(C(=O)NCCc3cccs3)C2)nc2cccnc21. The molecule has 8 heteroatoms. The Hall–Kier alpha value is -2.74. The summed E-state index contributed by atoms with van der Waals surface area (Å²) in [5.74, 6) is 0.327. The third-order valence-corrected chi connectivity index (χ3v) is 6.08. The van der Waals surface area contributed by atoms with E-state index >= 15 is 0 Å². The maximum absolute atomic E-state index is 12.8. The lowest BCUT2D eigenvalue weighted by atomic mass is 9.97. The van der Waals surface area contributed by atoms with Crippen LogP contribution >= 0.6 is 11.3 Å². The van der Waals surface area contributed by atoms with E-state index in [4.69, 9.17) is 0 Å². The van der Waals surface area contributed by atoms with Crippen molar-refractivity contribution in [2.24, 2.45) is 13.0 Å². The standard InChI is InChI=1S/C20H23N5O2S/c1-24-17-16(7-2-9-21-17)23-18(20(24)27)25-11-3-5-14(13-25)19(26)22-10-8-15-6-4-12-28-15/h2,4,6-7,9,12,14H,3,5,8,10-11,13H2,1H3,(H,22,26). The van der Waals surface area contributed by atoms with Crippen molar-refractivity contribution in [3.05, 3.63) is 51.1 Å². The largest absolute Gasteiger partial charge is 0.355 e. The molecule has 28 heavy (non-hydrogen) atoms. The van der Waals surface area contributed by atoms with Gasteiger partial charge < -0.3 is 10.2 Å². The van der Waals surface area contributed by atoms with E-state index in [0.717, 1.165) is 25.8 Å². The summed E-state index contributed by atoms with van der Waals surface area (Å²) in [6, 6.07) is 7.76. The molecule has 0 spiro atoms. The van der Waals surface area contributed by atoms with Crippen molar-refractivity contribution in [2.75, 3.05) is 24.5 Å². The summed E-state index contributed by atoms with van der Waals surface area (Å²) in [7, 11) is 1.71. The number of nitrogens with one attached hydrogen (secondary N) is 1. The third-order valence-electron chi connectivity index (χ3n) is 5.15. The number of hydrogen-bond donors (Lipinski definition) is 1. The van der Waals surface area contributed by atoms with Gasteiger partial charge in [-0.3, -0.25) is 14.2 Å². The molecule has 1 amide bonds. The summed E-state index contributed by atoms with van der Waals surface area (Å²) in [4.78, 5) is 37.4. The Morgan fingerprint density at radius 3 is 3.07 bits per heavy atom. The molecule has 1 saturated heterocycles. The number of carbonyl (C=O) groups is 1. The number of aromatic nitrogens is 3. The van der Waals surface area contributed by atoms with Gasteiger partial charge in [-0.1, -0.05) is 6.07 Å². The predicted molar refractivity (Wildman–Crippen MR) is 111 cm³/mol. The molecule has 0 bridgehead atoms. The van der Waals surface area contributed by atoms with Crippen molar-refractivity contribution in [3.8, 4) is 0 Å². The van der Waals surface area contributed by atoms with Gasteiger partial charge in [-0.2, -0.15) is 0 Å². The first kappa shape index (κ1) is 18.6. The molecular formula is C20H23N5O2S. The lowest BCUT2D eigenvalue weighted by molar-refractivity contribution is -0.125. The van der Waals surface area contributed by atoms with Crippen molar-refractivity contribution in [1.82, 2.24) is 19.9 Å². The summed E-state index contributed by atoms with van der Waals surface area (Å²) in [6.45, 7) is 1.88. The number of anilines is 1. The fourth-order valence-electron chi connectivity index (χ4n) is 3.64. The number of piperidine rings is 1. The molecule has 7 nitrogen and oxygen atoms in total. The lowest BCUT2D eigenvalue weighted by Crippen LogP contribution is -2.45. The molecule has 3 aromatic rings. The van der Waals surface area contributed by atoms with Crippen LogP contribution in [0.4, 0.5) is 5.82 Å². The van der Waals surface area contributed by atoms with Crippen molar-refractivity contribution >= 4 is 34.2 Å². The second-order valence-electron chi connectivity index (χ2n) is 7.05. The van der Waals surface area contributed by atoms with E-state index in [9.17, 15) is 9.59 Å². The zero-order valence-electron chi connectivity index (χ0n) is 15.8. The van der Waals surface area contributed by atoms with Crippen LogP contribution in [-0.4, -0.2) is 40.1 Å². The van der Waals surface area contributed by atoms with Crippen molar-refractivity contribution in [1.29, 1.82) is 0 Å². The molecule has 1 unspecified atom stereocenters. The van der Waals surface area contributed by atoms with Crippen molar-refractivity contribution in [2.45, 2.75) is 19.3 Å². The van der Waals surface area contributed by atoms with Crippen LogP contribution in [0.5, 0.6) is 0 Å². The first-order chi connectivity index (χ1) is 13.6. The number of hydrogen-bond acceptors (Lipinski definition) is 6. The smallest absolute Gasteiger partial charge is 0.294 e. The van der Waals surface area contributed by atoms with Crippen LogP contribution in [0.2, 0.25) is 0 Å². The number of rotatable bonds is 5. The van der Waals surface area contributed by atoms with Gasteiger partial charge in [0.15, 0.2) is 11.5 Å². The van der Waals surface area contributed by atoms with Gasteiger partial charge in [-0.15, -0.1) is 11.3 Å². The van der Waals surface area contributed by atoms with Gasteiger partial charge in [0, 0.05) is 37.8 Å². The molecule has 1 N–H and O–H groups in total. The zero-order valence-corrected chi connectivity index (χ0v) is 16.6. The second-order valence-corrected chi connectivity index (χ2v) is 8.08. The van der Waals surface area contributed by atoms with Crippen LogP contribution in [-0.2, 0) is 18.3 Å². The summed E-state index contributed by atoms with van der Waals surface area (Å²) in [5.41, 5.74) is 1.07. The molecular weight excluding hydrogens is 374 g/mol. The van der Waals surface area contributed by atoms with Gasteiger partial charge in [0.2, 0.25) is 5.91 Å². The number of aryl methyl sites for hydroxylation is 1. The minimum absolute atomic E-state index is 0.0561. The number of nitrogens with zero attached hydrogens (tertiary/aromatic N) is 4. The van der Waals surface area contributed by atoms with E-state index in [1.54, 1.807) is 24.6 Å². The Balaban J connectivity index is 1.46. The summed E-state index contributed by atoms with van der Waals surface area (Å²) in [5, 5.41) is 5.09. The van der Waals surface area contributed by atoms with E-state index < -0.39 is 0 Å². The minimum Gasteiger partial charge on any atom is -0.355 e. The summed E-state index contributed by atoms with van der Waals surface area (Å²) in [6.07, 6.45) is 4.19. The molecule has 146 valence electrons. The topological polar surface area (TPSA) is 80.1 Å². The Morgan fingerprint density at radius 2 is 2.25 bits per heavy atom. The number of thiophene rings is 1. The molecule has 0 radical (unpaired) electrons. The molecule has 1 aliphatic heterocycles. The monoisotopic (exact) mass is 397 g/mol. The Bertz CT molecular complexity index is 1030. The summed E-state index contributed by atoms with van der Waals surface area (Å²) >= 11 is 1.70. The highest BCUT2D eigenvalue weighted by Gasteiger charge is 2.28. The lowest BCUT2D eigenvalue weighted by Gasteiger charge is -2.32. The molecule has 0 aliphatic carbocycles. The van der Waals surface area contributed by atoms with Gasteiger partial charge in [-0.05, 0) is 42.8 Å². The molecule has 4 heterocycles. The normalized spacial score (nSPS) is 17.0. The highest BCUT2D eigenvalue weighted by Crippen LogP contribution is 2.21. The molecule has 1 aliphatic rings. The Kier molecular flexibility index (Phi) is 5.38. The van der Waals surface area contributed by atoms with Crippen molar-refractivity contribution in [3.63, 3.8) is 0 Å². The van der Waals surface area contributed by atoms with E-state index in [2.05, 4.69) is 21.4 Å². The third kappa shape index (κ3) is 3.77. The van der Waals surface area contributed by atoms with E-state index in [1.807, 2.05) is 28.5 Å². The fourth-order valence-corrected chi connectivity index (χ4v) is 4.35. The zero-order chi connectivity index (χ0) is 19.5. The molecule has 3 aromatic heterocycles. The maximum atomic E-state index is 12.8. The van der Waals surface area contributed by atoms with E-state index in [1.165, 1.54) is 9.44 Å². The average Bonchev–Trinajstić information content (AvgIpc) is 3.24. The van der Waals surface area contributed by atoms with Gasteiger partial charge in [0.25, 0.3) is 5.56 Å². The summed E-state index contributed by atoms with van der Waals surface area (Å²) < 4.78 is 1.53. The quantitative estimate of drug-likeness (QED) is 0.712. The maximum Gasteiger partial charge on any atom is 0.294 e. The van der Waals surface area contributed by atoms with E-state index in [0.29, 0.717) is 30.1 Å². The number of pyridine rings is 1. The fraction of sp³-hybridized carbons (Fsp3) is 0.400. The Labute approximate surface area is 167 Å². The van der Waals surface area contributed by atoms with Crippen LogP contribution in [0.25, 0.3) is 11.2 Å². The predicted octanol–water partition coefficient (Wildman–Crippen LogP) is 1.97. The van der Waals surface area contributed by atoms with Crippen LogP contribution in [0.1, 0.15) is 17.7 Å². The van der Waals surface area contributed by atoms with Gasteiger partial charge in [-0.25, -0.2) is 9.97 Å². The average molecular weight is 398 g/mol. The van der Waals surface area contributed by atoms with Crippen LogP contribution in [0.3, 0.4) is 0 Å². The number of amides is 1. The van der Waals surface area contributed by atoms with Crippen molar-refractivity contribution < 1.29 is 4.79 Å². The van der Waals surface area contributed by atoms with Crippen LogP contribution in [0.15, 0.2) is 40.6 Å². The second kappa shape index (κ2) is 8.10. The molecule has 0 aromatic carbocycles. The first-order valence-electron chi connectivity index (χ1n) is 9.50. The molecule has 1 fully saturated rings. The van der Waals surface area contributed by atoms with E-state index in [-0.39, 0.29) is 17.4 Å². The highest BCUT2D eigenvalue weighted by atomic mass is 32.1. The van der Waals surface area contributed by atoms with Gasteiger partial charge in [0.05, 0.1) is 5.92 Å². The number of fused-ring (bicyclic) bond motifs is 1. The molecule has 4 rings (SSSR count).